The molecule has 190 valence electrons. The van der Waals surface area contributed by atoms with Crippen molar-refractivity contribution in [3.63, 3.8) is 0 Å². The van der Waals surface area contributed by atoms with Crippen molar-refractivity contribution in [3.05, 3.63) is 59.0 Å². The van der Waals surface area contributed by atoms with Crippen LogP contribution in [0, 0.1) is 5.92 Å². The summed E-state index contributed by atoms with van der Waals surface area (Å²) in [6.07, 6.45) is 8.35. The Bertz CT molecular complexity index is 1230. The first-order chi connectivity index (χ1) is 17.6. The van der Waals surface area contributed by atoms with E-state index in [-0.39, 0.29) is 18.4 Å². The van der Waals surface area contributed by atoms with Crippen molar-refractivity contribution < 1.29 is 19.1 Å². The molecular weight excluding hydrogens is 474 g/mol. The Morgan fingerprint density at radius 3 is 2.58 bits per heavy atom. The zero-order valence-electron chi connectivity index (χ0n) is 20.8. The van der Waals surface area contributed by atoms with Crippen LogP contribution in [-0.4, -0.2) is 38.3 Å². The van der Waals surface area contributed by atoms with Gasteiger partial charge in [0.2, 0.25) is 0 Å². The van der Waals surface area contributed by atoms with E-state index in [1.807, 2.05) is 12.1 Å². The molecule has 2 amide bonds. The third kappa shape index (κ3) is 6.43. The first-order valence-electron chi connectivity index (χ1n) is 12.4. The van der Waals surface area contributed by atoms with Crippen LogP contribution in [0.25, 0.3) is 10.1 Å². The van der Waals surface area contributed by atoms with Gasteiger partial charge in [-0.15, -0.1) is 11.3 Å². The van der Waals surface area contributed by atoms with E-state index in [0.717, 1.165) is 29.5 Å². The van der Waals surface area contributed by atoms with Gasteiger partial charge < -0.3 is 14.8 Å². The number of hydrogen-bond donors (Lipinski definition) is 2. The highest BCUT2D eigenvalue weighted by atomic mass is 32.1. The molecule has 1 aliphatic carbocycles. The SMILES string of the molecule is COc1ccc(C(=O)NCC(=O)NN=C(CCC2CCCCC2)c2csc3ccccc23)cc1OC. The van der Waals surface area contributed by atoms with E-state index < -0.39 is 0 Å². The molecule has 0 atom stereocenters. The minimum atomic E-state index is -0.378. The van der Waals surface area contributed by atoms with Gasteiger partial charge >= 0.3 is 0 Å². The van der Waals surface area contributed by atoms with Crippen LogP contribution in [0.3, 0.4) is 0 Å². The smallest absolute Gasteiger partial charge is 0.259 e. The molecule has 2 N–H and O–H groups in total. The zero-order chi connectivity index (χ0) is 25.3. The summed E-state index contributed by atoms with van der Waals surface area (Å²) in [7, 11) is 3.04. The molecular formula is C28H33N3O4S. The Balaban J connectivity index is 1.41. The van der Waals surface area contributed by atoms with Crippen molar-refractivity contribution >= 4 is 38.9 Å². The Morgan fingerprint density at radius 2 is 1.81 bits per heavy atom. The third-order valence-electron chi connectivity index (χ3n) is 6.68. The lowest BCUT2D eigenvalue weighted by atomic mass is 9.85. The largest absolute Gasteiger partial charge is 0.493 e. The topological polar surface area (TPSA) is 89.0 Å². The van der Waals surface area contributed by atoms with Gasteiger partial charge in [-0.1, -0.05) is 50.3 Å². The summed E-state index contributed by atoms with van der Waals surface area (Å²) in [5.41, 5.74) is 5.00. The highest BCUT2D eigenvalue weighted by molar-refractivity contribution is 7.17. The Morgan fingerprint density at radius 1 is 1.03 bits per heavy atom. The van der Waals surface area contributed by atoms with Crippen LogP contribution in [0.1, 0.15) is 60.9 Å². The number of nitrogens with one attached hydrogen (secondary N) is 2. The van der Waals surface area contributed by atoms with E-state index >= 15 is 0 Å². The molecule has 0 spiro atoms. The fourth-order valence-corrected chi connectivity index (χ4v) is 5.65. The van der Waals surface area contributed by atoms with Gasteiger partial charge in [-0.3, -0.25) is 9.59 Å². The molecule has 36 heavy (non-hydrogen) atoms. The number of hydrazone groups is 1. The van der Waals surface area contributed by atoms with Crippen molar-refractivity contribution in [1.82, 2.24) is 10.7 Å². The summed E-state index contributed by atoms with van der Waals surface area (Å²) in [6.45, 7) is -0.184. The second-order valence-corrected chi connectivity index (χ2v) is 9.95. The number of methoxy groups -OCH3 is 2. The zero-order valence-corrected chi connectivity index (χ0v) is 21.7. The van der Waals surface area contributed by atoms with Crippen molar-refractivity contribution in [1.29, 1.82) is 0 Å². The molecule has 4 rings (SSSR count). The molecule has 1 fully saturated rings. The maximum absolute atomic E-state index is 12.6. The number of carbonyl (C=O) groups excluding carboxylic acids is 2. The first kappa shape index (κ1) is 25.7. The van der Waals surface area contributed by atoms with Crippen molar-refractivity contribution in [2.75, 3.05) is 20.8 Å². The van der Waals surface area contributed by atoms with E-state index in [9.17, 15) is 9.59 Å². The number of amides is 2. The number of ether oxygens (including phenoxy) is 2. The fraction of sp³-hybridized carbons (Fsp3) is 0.393. The summed E-state index contributed by atoms with van der Waals surface area (Å²) in [6, 6.07) is 13.1. The number of rotatable bonds is 10. The second-order valence-electron chi connectivity index (χ2n) is 9.03. The Kier molecular flexibility index (Phi) is 8.95. The van der Waals surface area contributed by atoms with Gasteiger partial charge in [0, 0.05) is 26.6 Å². The molecule has 0 unspecified atom stereocenters. The normalized spacial score (nSPS) is 14.4. The van der Waals surface area contributed by atoms with Crippen LogP contribution < -0.4 is 20.2 Å². The molecule has 1 aliphatic rings. The lowest BCUT2D eigenvalue weighted by molar-refractivity contribution is -0.120. The minimum absolute atomic E-state index is 0.184. The molecule has 7 nitrogen and oxygen atoms in total. The van der Waals surface area contributed by atoms with Crippen molar-refractivity contribution in [3.8, 4) is 11.5 Å². The second kappa shape index (κ2) is 12.5. The highest BCUT2D eigenvalue weighted by Gasteiger charge is 2.17. The predicted molar refractivity (Wildman–Crippen MR) is 144 cm³/mol. The van der Waals surface area contributed by atoms with E-state index in [1.54, 1.807) is 29.5 Å². The van der Waals surface area contributed by atoms with E-state index in [2.05, 4.69) is 33.4 Å². The van der Waals surface area contributed by atoms with E-state index in [0.29, 0.717) is 23.0 Å². The lowest BCUT2D eigenvalue weighted by Gasteiger charge is -2.21. The van der Waals surface area contributed by atoms with Gasteiger partial charge in [-0.2, -0.15) is 5.10 Å². The monoisotopic (exact) mass is 507 g/mol. The van der Waals surface area contributed by atoms with Gasteiger partial charge in [0.25, 0.3) is 11.8 Å². The molecule has 1 heterocycles. The molecule has 1 saturated carbocycles. The minimum Gasteiger partial charge on any atom is -0.493 e. The quantitative estimate of drug-likeness (QED) is 0.279. The number of carbonyl (C=O) groups is 2. The maximum atomic E-state index is 12.6. The number of nitrogens with zero attached hydrogens (tertiary/aromatic N) is 1. The molecule has 1 aromatic heterocycles. The average molecular weight is 508 g/mol. The number of benzene rings is 2. The van der Waals surface area contributed by atoms with Crippen LogP contribution >= 0.6 is 11.3 Å². The third-order valence-corrected chi connectivity index (χ3v) is 7.64. The number of thiophene rings is 1. The van der Waals surface area contributed by atoms with Gasteiger partial charge in [0.15, 0.2) is 11.5 Å². The molecule has 0 bridgehead atoms. The maximum Gasteiger partial charge on any atom is 0.259 e. The van der Waals surface area contributed by atoms with Crippen molar-refractivity contribution in [2.24, 2.45) is 11.0 Å². The van der Waals surface area contributed by atoms with Gasteiger partial charge in [0.1, 0.15) is 0 Å². The highest BCUT2D eigenvalue weighted by Crippen LogP contribution is 2.31. The van der Waals surface area contributed by atoms with Crippen LogP contribution in [-0.2, 0) is 4.79 Å². The van der Waals surface area contributed by atoms with Gasteiger partial charge in [-0.25, -0.2) is 5.43 Å². The molecule has 3 aromatic rings. The van der Waals surface area contributed by atoms with Crippen LogP contribution in [0.4, 0.5) is 0 Å². The summed E-state index contributed by atoms with van der Waals surface area (Å²) in [5, 5.41) is 10.5. The first-order valence-corrected chi connectivity index (χ1v) is 13.3. The summed E-state index contributed by atoms with van der Waals surface area (Å²) in [5.74, 6) is 0.938. The summed E-state index contributed by atoms with van der Waals surface area (Å²) in [4.78, 5) is 25.1. The number of fused-ring (bicyclic) bond motifs is 1. The Labute approximate surface area is 215 Å². The van der Waals surface area contributed by atoms with Crippen LogP contribution in [0.5, 0.6) is 11.5 Å². The fourth-order valence-electron chi connectivity index (χ4n) is 4.68. The van der Waals surface area contributed by atoms with Crippen LogP contribution in [0.15, 0.2) is 52.9 Å². The predicted octanol–water partition coefficient (Wildman–Crippen LogP) is 5.53. The number of hydrogen-bond acceptors (Lipinski definition) is 6. The average Bonchev–Trinajstić information content (AvgIpc) is 3.36. The van der Waals surface area contributed by atoms with Crippen molar-refractivity contribution in [2.45, 2.75) is 44.9 Å². The Hall–Kier alpha value is -3.39. The van der Waals surface area contributed by atoms with Gasteiger partial charge in [-0.05, 0) is 43.0 Å². The molecule has 2 aromatic carbocycles. The van der Waals surface area contributed by atoms with E-state index in [1.165, 1.54) is 51.0 Å². The molecule has 0 radical (unpaired) electrons. The van der Waals surface area contributed by atoms with E-state index in [4.69, 9.17) is 9.47 Å². The standard InChI is InChI=1S/C28H33N3O4S/c1-34-24-15-13-20(16-25(24)35-2)28(33)29-17-27(32)31-30-23(14-12-19-8-4-3-5-9-19)22-18-36-26-11-7-6-10-21(22)26/h6-7,10-11,13,15-16,18-19H,3-5,8-9,12,14,17H2,1-2H3,(H,29,33)(H,31,32). The lowest BCUT2D eigenvalue weighted by Crippen LogP contribution is -2.35. The summed E-state index contributed by atoms with van der Waals surface area (Å²) < 4.78 is 11.7. The van der Waals surface area contributed by atoms with Gasteiger partial charge in [0.05, 0.1) is 26.5 Å². The molecule has 8 heteroatoms. The molecule has 0 aliphatic heterocycles. The summed E-state index contributed by atoms with van der Waals surface area (Å²) >= 11 is 1.69. The molecule has 0 saturated heterocycles. The van der Waals surface area contributed by atoms with Crippen LogP contribution in [0.2, 0.25) is 0 Å².